The monoisotopic (exact) mass is 260 g/mol. The average molecular weight is 260 g/mol. The zero-order valence-corrected chi connectivity index (χ0v) is 10.3. The number of benzene rings is 1. The molecule has 2 heterocycles. The highest BCUT2D eigenvalue weighted by atomic mass is 16.6. The highest BCUT2D eigenvalue weighted by Crippen LogP contribution is 2.33. The minimum atomic E-state index is -0.510. The molecule has 0 saturated carbocycles. The molecular formula is C13H12N2O4. The van der Waals surface area contributed by atoms with Gasteiger partial charge in [-0.2, -0.15) is 0 Å². The van der Waals surface area contributed by atoms with E-state index in [-0.39, 0.29) is 0 Å². The number of aromatic nitrogens is 2. The number of ether oxygens (including phenoxy) is 2. The fourth-order valence-corrected chi connectivity index (χ4v) is 2.15. The number of hydrogen-bond donors (Lipinski definition) is 2. The van der Waals surface area contributed by atoms with Crippen LogP contribution in [0.5, 0.6) is 11.5 Å². The molecule has 0 amide bonds. The molecule has 1 aromatic heterocycles. The third kappa shape index (κ3) is 2.01. The van der Waals surface area contributed by atoms with Gasteiger partial charge in [0.15, 0.2) is 11.5 Å². The summed E-state index contributed by atoms with van der Waals surface area (Å²) < 4.78 is 10.9. The van der Waals surface area contributed by atoms with Gasteiger partial charge in [-0.05, 0) is 24.6 Å². The van der Waals surface area contributed by atoms with Crippen LogP contribution >= 0.6 is 0 Å². The second-order valence-electron chi connectivity index (χ2n) is 4.27. The van der Waals surface area contributed by atoms with Crippen molar-refractivity contribution in [3.8, 4) is 22.6 Å². The van der Waals surface area contributed by atoms with Crippen molar-refractivity contribution in [1.29, 1.82) is 0 Å². The summed E-state index contributed by atoms with van der Waals surface area (Å²) in [4.78, 5) is 27.8. The van der Waals surface area contributed by atoms with Crippen LogP contribution in [0.2, 0.25) is 0 Å². The van der Waals surface area contributed by atoms with Crippen LogP contribution in [-0.2, 0) is 0 Å². The molecule has 1 aliphatic rings. The van der Waals surface area contributed by atoms with Crippen molar-refractivity contribution in [2.24, 2.45) is 0 Å². The molecule has 1 aliphatic heterocycles. The lowest BCUT2D eigenvalue weighted by molar-refractivity contribution is 0.171. The fraction of sp³-hybridized carbons (Fsp3) is 0.231. The van der Waals surface area contributed by atoms with E-state index in [0.717, 1.165) is 0 Å². The summed E-state index contributed by atoms with van der Waals surface area (Å²) in [6.07, 6.45) is 0. The van der Waals surface area contributed by atoms with Gasteiger partial charge in [0.25, 0.3) is 5.56 Å². The normalized spacial score (nSPS) is 13.3. The smallest absolute Gasteiger partial charge is 0.325 e. The first kappa shape index (κ1) is 11.6. The molecule has 0 unspecified atom stereocenters. The Bertz CT molecular complexity index is 745. The van der Waals surface area contributed by atoms with Gasteiger partial charge in [-0.1, -0.05) is 6.07 Å². The summed E-state index contributed by atoms with van der Waals surface area (Å²) >= 11 is 0. The minimum absolute atomic E-state index is 0.419. The Morgan fingerprint density at radius 3 is 2.53 bits per heavy atom. The highest BCUT2D eigenvalue weighted by Gasteiger charge is 2.15. The molecule has 0 saturated heterocycles. The molecule has 2 N–H and O–H groups in total. The number of rotatable bonds is 1. The molecule has 6 heteroatoms. The summed E-state index contributed by atoms with van der Waals surface area (Å²) in [5.74, 6) is 1.27. The van der Waals surface area contributed by atoms with Gasteiger partial charge >= 0.3 is 5.69 Å². The summed E-state index contributed by atoms with van der Waals surface area (Å²) in [6, 6.07) is 5.27. The van der Waals surface area contributed by atoms with Gasteiger partial charge in [-0.3, -0.25) is 9.78 Å². The van der Waals surface area contributed by atoms with E-state index < -0.39 is 11.2 Å². The van der Waals surface area contributed by atoms with E-state index in [1.54, 1.807) is 25.1 Å². The molecule has 3 rings (SSSR count). The first-order valence-electron chi connectivity index (χ1n) is 5.88. The van der Waals surface area contributed by atoms with Crippen molar-refractivity contribution >= 4 is 0 Å². The molecule has 0 spiro atoms. The molecular weight excluding hydrogens is 248 g/mol. The second kappa shape index (κ2) is 4.31. The maximum absolute atomic E-state index is 11.9. The fourth-order valence-electron chi connectivity index (χ4n) is 2.15. The maximum Gasteiger partial charge on any atom is 0.325 e. The Labute approximate surface area is 108 Å². The summed E-state index contributed by atoms with van der Waals surface area (Å²) in [5.41, 5.74) is 0.697. The number of hydrogen-bond acceptors (Lipinski definition) is 4. The van der Waals surface area contributed by atoms with Crippen LogP contribution in [0.4, 0.5) is 0 Å². The predicted octanol–water partition coefficient (Wildman–Crippen LogP) is 0.810. The van der Waals surface area contributed by atoms with Gasteiger partial charge in [-0.15, -0.1) is 0 Å². The standard InChI is InChI=1S/C13H12N2O4/c1-7-11(12(16)15-13(17)14-7)8-2-3-9-10(6-8)19-5-4-18-9/h2-3,6H,4-5H2,1H3,(H2,14,15,16,17). The molecule has 98 valence electrons. The number of H-pyrrole nitrogens is 2. The molecule has 0 atom stereocenters. The SMILES string of the molecule is Cc1[nH]c(=O)[nH]c(=O)c1-c1ccc2c(c1)OCCO2. The Kier molecular flexibility index (Phi) is 2.63. The van der Waals surface area contributed by atoms with Crippen molar-refractivity contribution in [1.82, 2.24) is 9.97 Å². The van der Waals surface area contributed by atoms with Crippen LogP contribution in [0.3, 0.4) is 0 Å². The zero-order chi connectivity index (χ0) is 13.4. The van der Waals surface area contributed by atoms with Crippen LogP contribution in [0.1, 0.15) is 5.69 Å². The van der Waals surface area contributed by atoms with Crippen molar-refractivity contribution < 1.29 is 9.47 Å². The van der Waals surface area contributed by atoms with E-state index in [2.05, 4.69) is 9.97 Å². The van der Waals surface area contributed by atoms with Crippen LogP contribution < -0.4 is 20.7 Å². The van der Waals surface area contributed by atoms with E-state index in [1.807, 2.05) is 0 Å². The largest absolute Gasteiger partial charge is 0.486 e. The topological polar surface area (TPSA) is 84.2 Å². The van der Waals surface area contributed by atoms with Gasteiger partial charge in [0.1, 0.15) is 13.2 Å². The quantitative estimate of drug-likeness (QED) is 0.794. The van der Waals surface area contributed by atoms with Crippen molar-refractivity contribution in [2.45, 2.75) is 6.92 Å². The molecule has 0 bridgehead atoms. The number of nitrogens with one attached hydrogen (secondary N) is 2. The van der Waals surface area contributed by atoms with E-state index in [0.29, 0.717) is 41.5 Å². The Hall–Kier alpha value is -2.50. The lowest BCUT2D eigenvalue weighted by Gasteiger charge is -2.19. The first-order valence-corrected chi connectivity index (χ1v) is 5.88. The third-order valence-corrected chi connectivity index (χ3v) is 2.96. The van der Waals surface area contributed by atoms with E-state index >= 15 is 0 Å². The van der Waals surface area contributed by atoms with Crippen LogP contribution in [0.25, 0.3) is 11.1 Å². The highest BCUT2D eigenvalue weighted by molar-refractivity contribution is 5.68. The van der Waals surface area contributed by atoms with E-state index in [4.69, 9.17) is 9.47 Å². The number of fused-ring (bicyclic) bond motifs is 1. The van der Waals surface area contributed by atoms with Crippen LogP contribution in [0.15, 0.2) is 27.8 Å². The first-order chi connectivity index (χ1) is 9.15. The van der Waals surface area contributed by atoms with Gasteiger partial charge in [0, 0.05) is 5.69 Å². The minimum Gasteiger partial charge on any atom is -0.486 e. The van der Waals surface area contributed by atoms with Gasteiger partial charge in [-0.25, -0.2) is 4.79 Å². The zero-order valence-electron chi connectivity index (χ0n) is 10.3. The lowest BCUT2D eigenvalue weighted by atomic mass is 10.1. The van der Waals surface area contributed by atoms with Gasteiger partial charge in [0.2, 0.25) is 0 Å². The molecule has 0 aliphatic carbocycles. The van der Waals surface area contributed by atoms with Gasteiger partial charge in [0.05, 0.1) is 5.56 Å². The number of aryl methyl sites for hydroxylation is 1. The lowest BCUT2D eigenvalue weighted by Crippen LogP contribution is -2.25. The Balaban J connectivity index is 2.18. The molecule has 2 aromatic rings. The van der Waals surface area contributed by atoms with Crippen molar-refractivity contribution in [3.63, 3.8) is 0 Å². The van der Waals surface area contributed by atoms with Crippen LogP contribution in [0, 0.1) is 6.92 Å². The second-order valence-corrected chi connectivity index (χ2v) is 4.27. The molecule has 0 radical (unpaired) electrons. The Morgan fingerprint density at radius 1 is 1.05 bits per heavy atom. The van der Waals surface area contributed by atoms with E-state index in [1.165, 1.54) is 0 Å². The molecule has 1 aromatic carbocycles. The van der Waals surface area contributed by atoms with Crippen molar-refractivity contribution in [3.05, 3.63) is 44.7 Å². The molecule has 0 fully saturated rings. The van der Waals surface area contributed by atoms with Gasteiger partial charge < -0.3 is 14.5 Å². The molecule has 19 heavy (non-hydrogen) atoms. The van der Waals surface area contributed by atoms with Crippen molar-refractivity contribution in [2.75, 3.05) is 13.2 Å². The average Bonchev–Trinajstić information content (AvgIpc) is 2.37. The third-order valence-electron chi connectivity index (χ3n) is 2.96. The summed E-state index contributed by atoms with van der Waals surface area (Å²) in [7, 11) is 0. The number of aromatic amines is 2. The maximum atomic E-state index is 11.9. The summed E-state index contributed by atoms with van der Waals surface area (Å²) in [6.45, 7) is 2.69. The van der Waals surface area contributed by atoms with Crippen LogP contribution in [-0.4, -0.2) is 23.2 Å². The Morgan fingerprint density at radius 2 is 1.79 bits per heavy atom. The van der Waals surface area contributed by atoms with E-state index in [9.17, 15) is 9.59 Å². The summed E-state index contributed by atoms with van der Waals surface area (Å²) in [5, 5.41) is 0. The predicted molar refractivity (Wildman–Crippen MR) is 68.8 cm³/mol. The molecule has 6 nitrogen and oxygen atoms in total.